The lowest BCUT2D eigenvalue weighted by molar-refractivity contribution is 0.0584. The van der Waals surface area contributed by atoms with E-state index in [0.717, 1.165) is 148 Å². The number of benzene rings is 2. The number of nitrogens with one attached hydrogen (secondary N) is 3. The molecule has 0 unspecified atom stereocenters. The lowest BCUT2D eigenvalue weighted by atomic mass is 9.99. The maximum absolute atomic E-state index is 11.6. The number of piperazine rings is 3. The van der Waals surface area contributed by atoms with E-state index in [0.29, 0.717) is 27.5 Å². The van der Waals surface area contributed by atoms with Crippen molar-refractivity contribution in [3.63, 3.8) is 0 Å². The van der Waals surface area contributed by atoms with Crippen molar-refractivity contribution in [3.05, 3.63) is 214 Å². The molecule has 3 N–H and O–H groups in total. The SMILES string of the molecule is COC(=O)c1cnc(Cl)cn1.COC(=O)c1cnc(N2CCN(c3nnc(Cc4ccccc4)c(C)c3C)C[C@H]2C)cn1.C[C@@H]1CNCCN1.Cc1c(CC2=CCCC=C2)nnc(N2CCN[C@H](C)C2)c1C.Cc1c(Cl)nnc(Cc2ccccc2)c1C.Cc1c(Cl)nnc(Cl)c1C. The molecule has 4 aliphatic rings. The molecule has 22 nitrogen and oxygen atoms in total. The summed E-state index contributed by atoms with van der Waals surface area (Å²) in [6.07, 6.45) is 17.2. The molecule has 2 aromatic carbocycles. The fourth-order valence-corrected chi connectivity index (χ4v) is 11.4. The number of anilines is 3. The summed E-state index contributed by atoms with van der Waals surface area (Å²) >= 11 is 22.7. The van der Waals surface area contributed by atoms with Crippen LogP contribution in [0.15, 0.2) is 109 Å². The van der Waals surface area contributed by atoms with Crippen LogP contribution in [0.4, 0.5) is 17.5 Å². The van der Waals surface area contributed by atoms with Crippen molar-refractivity contribution in [2.75, 3.05) is 87.8 Å². The normalized spacial score (nSPS) is 16.3. The lowest BCUT2D eigenvalue weighted by Crippen LogP contribution is -2.53. The second kappa shape index (κ2) is 38.8. The molecule has 0 saturated carbocycles. The minimum Gasteiger partial charge on any atom is -0.464 e. The van der Waals surface area contributed by atoms with Gasteiger partial charge in [-0.2, -0.15) is 15.3 Å². The number of ether oxygens (including phenoxy) is 2. The maximum Gasteiger partial charge on any atom is 0.358 e. The van der Waals surface area contributed by atoms with Crippen molar-refractivity contribution in [1.82, 2.24) is 76.7 Å². The molecule has 0 radical (unpaired) electrons. The Kier molecular flexibility index (Phi) is 30.5. The Labute approximate surface area is 596 Å². The van der Waals surface area contributed by atoms with Crippen molar-refractivity contribution >= 4 is 75.8 Å². The molecule has 9 heterocycles. The van der Waals surface area contributed by atoms with Gasteiger partial charge in [-0.25, -0.2) is 29.5 Å². The topological polar surface area (TPSA) is 253 Å². The second-order valence-corrected chi connectivity index (χ2v) is 25.7. The number of esters is 2. The van der Waals surface area contributed by atoms with E-state index in [4.69, 9.17) is 51.1 Å². The molecule has 12 rings (SSSR count). The smallest absolute Gasteiger partial charge is 0.358 e. The first-order chi connectivity index (χ1) is 47.1. The predicted molar refractivity (Wildman–Crippen MR) is 390 cm³/mol. The summed E-state index contributed by atoms with van der Waals surface area (Å²) in [6, 6.07) is 22.0. The van der Waals surface area contributed by atoms with E-state index in [2.05, 4.69) is 187 Å². The fourth-order valence-electron chi connectivity index (χ4n) is 10.7. The number of nitrogens with zero attached hydrogens (tertiary/aromatic N) is 15. The molecule has 1 aliphatic carbocycles. The minimum atomic E-state index is -0.519. The van der Waals surface area contributed by atoms with Gasteiger partial charge in [0.2, 0.25) is 0 Å². The number of carbonyl (C=O) groups excluding carboxylic acids is 2. The third kappa shape index (κ3) is 22.7. The molecule has 6 aromatic heterocycles. The summed E-state index contributed by atoms with van der Waals surface area (Å²) in [7, 11) is 2.61. The zero-order chi connectivity index (χ0) is 70.8. The van der Waals surface area contributed by atoms with Crippen LogP contribution in [0.1, 0.15) is 127 Å². The van der Waals surface area contributed by atoms with Crippen LogP contribution in [0.25, 0.3) is 0 Å². The van der Waals surface area contributed by atoms with Crippen LogP contribution in [-0.4, -0.2) is 164 Å². The Bertz CT molecular complexity index is 3920. The van der Waals surface area contributed by atoms with Gasteiger partial charge in [0.1, 0.15) is 11.0 Å². The van der Waals surface area contributed by atoms with Gasteiger partial charge in [-0.1, -0.05) is 125 Å². The number of aromatic nitrogens is 12. The van der Waals surface area contributed by atoms with E-state index >= 15 is 0 Å². The summed E-state index contributed by atoms with van der Waals surface area (Å²) < 4.78 is 9.09. The predicted octanol–water partition coefficient (Wildman–Crippen LogP) is 11.9. The highest BCUT2D eigenvalue weighted by Crippen LogP contribution is 2.29. The van der Waals surface area contributed by atoms with Gasteiger partial charge >= 0.3 is 11.9 Å². The van der Waals surface area contributed by atoms with Gasteiger partial charge in [0.15, 0.2) is 38.5 Å². The summed E-state index contributed by atoms with van der Waals surface area (Å²) in [4.78, 5) is 45.1. The van der Waals surface area contributed by atoms with Gasteiger partial charge in [0, 0.05) is 96.3 Å². The number of methoxy groups -OCH3 is 2. The fraction of sp³-hybridized carbons (Fsp3) is 0.417. The van der Waals surface area contributed by atoms with Crippen LogP contribution in [0.2, 0.25) is 20.6 Å². The van der Waals surface area contributed by atoms with Crippen LogP contribution in [0.3, 0.4) is 0 Å². The van der Waals surface area contributed by atoms with E-state index in [-0.39, 0.29) is 22.6 Å². The zero-order valence-electron chi connectivity index (χ0n) is 58.3. The van der Waals surface area contributed by atoms with E-state index in [9.17, 15) is 9.59 Å². The van der Waals surface area contributed by atoms with E-state index < -0.39 is 11.9 Å². The highest BCUT2D eigenvalue weighted by Gasteiger charge is 2.28. The number of rotatable bonds is 11. The molecule has 0 spiro atoms. The number of halogens is 4. The average Bonchev–Trinajstić information content (AvgIpc) is 0.807. The first-order valence-electron chi connectivity index (χ1n) is 32.7. The highest BCUT2D eigenvalue weighted by atomic mass is 35.5. The largest absolute Gasteiger partial charge is 0.464 e. The quantitative estimate of drug-likeness (QED) is 0.102. The van der Waals surface area contributed by atoms with Crippen molar-refractivity contribution in [2.45, 2.75) is 126 Å². The molecular formula is C72H90Cl4N18O4. The van der Waals surface area contributed by atoms with Gasteiger partial charge in [-0.05, 0) is 150 Å². The average molecular weight is 1410 g/mol. The summed E-state index contributed by atoms with van der Waals surface area (Å²) in [5.74, 6) is 1.75. The highest BCUT2D eigenvalue weighted by molar-refractivity contribution is 6.32. The molecule has 3 fully saturated rings. The van der Waals surface area contributed by atoms with Crippen molar-refractivity contribution in [2.24, 2.45) is 0 Å². The van der Waals surface area contributed by atoms with Crippen molar-refractivity contribution < 1.29 is 19.1 Å². The van der Waals surface area contributed by atoms with Gasteiger partial charge < -0.3 is 40.1 Å². The van der Waals surface area contributed by atoms with Gasteiger partial charge in [-0.3, -0.25) is 0 Å². The molecule has 0 amide bonds. The first-order valence-corrected chi connectivity index (χ1v) is 34.2. The van der Waals surface area contributed by atoms with Crippen LogP contribution in [0, 0.1) is 55.4 Å². The van der Waals surface area contributed by atoms with Gasteiger partial charge in [0.25, 0.3) is 0 Å². The molecule has 26 heteroatoms. The van der Waals surface area contributed by atoms with Gasteiger partial charge in [-0.15, -0.1) is 25.5 Å². The van der Waals surface area contributed by atoms with Crippen molar-refractivity contribution in [1.29, 1.82) is 0 Å². The van der Waals surface area contributed by atoms with E-state index in [1.54, 1.807) is 6.20 Å². The molecule has 8 aromatic rings. The minimum absolute atomic E-state index is 0.150. The summed E-state index contributed by atoms with van der Waals surface area (Å²) in [5.41, 5.74) is 16.2. The molecule has 520 valence electrons. The molecular weight excluding hydrogens is 1320 g/mol. The van der Waals surface area contributed by atoms with Crippen molar-refractivity contribution in [3.8, 4) is 0 Å². The first kappa shape index (κ1) is 77.1. The molecule has 3 saturated heterocycles. The van der Waals surface area contributed by atoms with E-state index in [1.165, 1.54) is 71.8 Å². The standard InChI is InChI=1S/C24H28N6O2.C18H26N4.C13H13ClN2.C6H6Cl2N2.C6H5ClN2O2.C5H12N2/c1-16-15-29(10-11-30(16)22-14-25-21(13-26-22)24(31)32-4)23-18(3)17(2)20(27-28-23)12-19-8-6-5-7-9-19;1-13-12-22(10-9-19-13)18-15(3)14(2)17(20-21-18)11-16-7-5-4-6-8-16;1-9-10(2)13(14)16-15-12(9)8-11-6-4-3-5-7-11;1-3-4(2)6(8)10-9-5(3)7;1-11-6(10)4-2-9-5(7)3-8-4;1-5-4-6-2-3-7-5/h5-9,13-14,16H,10-12,15H2,1-4H3;5,7-8,13,19H,4,6,9-12H2,1-3H3;3-7H,8H2,1-2H3;1-2H3;2-3H,1H3;5-7H,2-4H2,1H3/t16-;13-;;;;5-/m11...1/s1. The number of allylic oxidation sites excluding steroid dienone is 4. The number of carbonyl (C=O) groups is 2. The molecule has 3 atom stereocenters. The summed E-state index contributed by atoms with van der Waals surface area (Å²) in [6.45, 7) is 31.7. The van der Waals surface area contributed by atoms with Crippen LogP contribution >= 0.6 is 46.4 Å². The Morgan fingerprint density at radius 1 is 0.500 bits per heavy atom. The van der Waals surface area contributed by atoms with Crippen LogP contribution in [0.5, 0.6) is 0 Å². The second-order valence-electron chi connectivity index (χ2n) is 24.2. The van der Waals surface area contributed by atoms with Crippen LogP contribution < -0.4 is 30.7 Å². The number of hydrogen-bond acceptors (Lipinski definition) is 22. The Morgan fingerprint density at radius 3 is 1.44 bits per heavy atom. The maximum atomic E-state index is 11.6. The van der Waals surface area contributed by atoms with Crippen LogP contribution in [-0.2, 0) is 28.7 Å². The molecule has 98 heavy (non-hydrogen) atoms. The third-order valence-electron chi connectivity index (χ3n) is 17.2. The summed E-state index contributed by atoms with van der Waals surface area (Å²) in [5, 5.41) is 45.3. The number of hydrogen-bond donors (Lipinski definition) is 3. The van der Waals surface area contributed by atoms with E-state index in [1.807, 2.05) is 64.1 Å². The molecule has 3 aliphatic heterocycles. The Balaban J connectivity index is 0.000000178. The monoisotopic (exact) mass is 1410 g/mol. The Hall–Kier alpha value is -8.22. The third-order valence-corrected chi connectivity index (χ3v) is 18.5. The Morgan fingerprint density at radius 2 is 0.990 bits per heavy atom. The lowest BCUT2D eigenvalue weighted by Gasteiger charge is -2.41. The molecule has 0 bridgehead atoms. The zero-order valence-corrected chi connectivity index (χ0v) is 61.3. The van der Waals surface area contributed by atoms with Gasteiger partial charge in [0.05, 0.1) is 56.1 Å².